The largest absolute Gasteiger partial charge is 0.448 e. The molecule has 0 aliphatic carbocycles. The Labute approximate surface area is 642 Å². The predicted molar refractivity (Wildman–Crippen MR) is 431 cm³/mol. The number of ether oxygens (including phenoxy) is 10. The van der Waals surface area contributed by atoms with E-state index in [-0.39, 0.29) is 28.9 Å². The number of hydrogen-bond acceptors (Lipinski definition) is 15. The maximum absolute atomic E-state index is 12.9. The number of ketones is 5. The van der Waals surface area contributed by atoms with Crippen molar-refractivity contribution in [1.82, 2.24) is 0 Å². The zero-order valence-corrected chi connectivity index (χ0v) is 66.2. The minimum atomic E-state index is -1.04. The van der Waals surface area contributed by atoms with Gasteiger partial charge in [0.25, 0.3) is 0 Å². The Kier molecular flexibility index (Phi) is 54.2. The molecule has 0 saturated carbocycles. The van der Waals surface area contributed by atoms with Crippen LogP contribution in [0, 0.1) is 11.8 Å². The van der Waals surface area contributed by atoms with Crippen molar-refractivity contribution in [2.45, 2.75) is 229 Å². The lowest BCUT2D eigenvalue weighted by Crippen LogP contribution is -2.33. The molecule has 0 bridgehead atoms. The summed E-state index contributed by atoms with van der Waals surface area (Å²) in [6.45, 7) is 25.4. The first-order valence-electron chi connectivity index (χ1n) is 39.7. The topological polar surface area (TPSA) is 178 Å². The number of para-hydroxylation sites is 2. The molecule has 0 heterocycles. The Morgan fingerprint density at radius 2 is 0.477 bits per heavy atom. The maximum Gasteiger partial charge on any atom is 0.305 e. The summed E-state index contributed by atoms with van der Waals surface area (Å²) < 4.78 is 56.7. The molecular weight excluding hydrogens is 1340 g/mol. The molecule has 7 rings (SSSR count). The van der Waals surface area contributed by atoms with Gasteiger partial charge in [-0.15, -0.1) is 0 Å². The van der Waals surface area contributed by atoms with Gasteiger partial charge in [-0.3, -0.25) is 24.0 Å². The molecule has 0 aromatic heterocycles. The van der Waals surface area contributed by atoms with Crippen LogP contribution in [0.5, 0.6) is 11.5 Å². The lowest BCUT2D eigenvalue weighted by Gasteiger charge is -2.23. The van der Waals surface area contributed by atoms with E-state index in [0.29, 0.717) is 104 Å². The minimum Gasteiger partial charge on any atom is -0.448 e. The Morgan fingerprint density at radius 3 is 0.729 bits per heavy atom. The van der Waals surface area contributed by atoms with Crippen LogP contribution in [-0.2, 0) is 37.9 Å². The van der Waals surface area contributed by atoms with Crippen LogP contribution in [0.25, 0.3) is 0 Å². The second kappa shape index (κ2) is 62.1. The van der Waals surface area contributed by atoms with E-state index in [2.05, 4.69) is 55.4 Å². The normalized spacial score (nSPS) is 11.7. The van der Waals surface area contributed by atoms with Gasteiger partial charge < -0.3 is 47.4 Å². The van der Waals surface area contributed by atoms with Gasteiger partial charge in [0.15, 0.2) is 0 Å². The first kappa shape index (κ1) is 93.4. The number of carbonyl (C=O) groups excluding carboxylic acids is 5. The van der Waals surface area contributed by atoms with Crippen molar-refractivity contribution in [2.24, 2.45) is 11.8 Å². The van der Waals surface area contributed by atoms with Gasteiger partial charge in [-0.25, -0.2) is 0 Å². The molecule has 107 heavy (non-hydrogen) atoms. The smallest absolute Gasteiger partial charge is 0.305 e. The van der Waals surface area contributed by atoms with Crippen molar-refractivity contribution >= 4 is 28.9 Å². The second-order valence-corrected chi connectivity index (χ2v) is 25.9. The van der Waals surface area contributed by atoms with Crippen LogP contribution < -0.4 is 9.47 Å². The minimum absolute atomic E-state index is 0.0636. The Balaban J connectivity index is 0.000000351. The highest BCUT2D eigenvalue weighted by molar-refractivity contribution is 6.00. The summed E-state index contributed by atoms with van der Waals surface area (Å²) in [6, 6.07) is 64.2. The van der Waals surface area contributed by atoms with E-state index in [9.17, 15) is 24.0 Å². The molecule has 0 spiro atoms. The van der Waals surface area contributed by atoms with E-state index in [0.717, 1.165) is 77.0 Å². The van der Waals surface area contributed by atoms with Crippen molar-refractivity contribution in [2.75, 3.05) is 52.9 Å². The molecule has 2 unspecified atom stereocenters. The number of hydrogen-bond donors (Lipinski definition) is 0. The molecule has 0 saturated heterocycles. The van der Waals surface area contributed by atoms with E-state index < -0.39 is 31.5 Å². The van der Waals surface area contributed by atoms with Crippen LogP contribution in [0.4, 0.5) is 0 Å². The molecule has 15 heteroatoms. The summed E-state index contributed by atoms with van der Waals surface area (Å²) >= 11 is 0. The molecular formula is C92H128O15. The van der Waals surface area contributed by atoms with Gasteiger partial charge in [0.05, 0.1) is 39.6 Å². The summed E-state index contributed by atoms with van der Waals surface area (Å²) in [7, 11) is 0. The summed E-state index contributed by atoms with van der Waals surface area (Å²) in [5.74, 6) is 1.56. The monoisotopic (exact) mass is 1470 g/mol. The lowest BCUT2D eigenvalue weighted by molar-refractivity contribution is -0.131. The van der Waals surface area contributed by atoms with Crippen LogP contribution in [-0.4, -0.2) is 113 Å². The molecule has 0 fully saturated rings. The number of benzene rings is 7. The summed E-state index contributed by atoms with van der Waals surface area (Å²) in [5, 5.41) is 0. The fraction of sp³-hybridized carbons (Fsp3) is 0.489. The van der Waals surface area contributed by atoms with Crippen molar-refractivity contribution in [1.29, 1.82) is 0 Å². The number of carbonyl (C=O) groups is 5. The molecule has 7 aromatic carbocycles. The third-order valence-electron chi connectivity index (χ3n) is 17.1. The van der Waals surface area contributed by atoms with Gasteiger partial charge in [-0.1, -0.05) is 333 Å². The van der Waals surface area contributed by atoms with Gasteiger partial charge in [-0.2, -0.15) is 0 Å². The average Bonchev–Trinajstić information content (AvgIpc) is 0.822. The van der Waals surface area contributed by atoms with Gasteiger partial charge in [0.1, 0.15) is 11.5 Å². The molecule has 0 N–H and O–H groups in total. The summed E-state index contributed by atoms with van der Waals surface area (Å²) in [6.07, 6.45) is 18.1. The molecule has 0 radical (unpaired) electrons. The van der Waals surface area contributed by atoms with Gasteiger partial charge >= 0.3 is 6.29 Å². The highest BCUT2D eigenvalue weighted by Crippen LogP contribution is 2.22. The van der Waals surface area contributed by atoms with Crippen molar-refractivity contribution < 1.29 is 71.3 Å². The Morgan fingerprint density at radius 1 is 0.243 bits per heavy atom. The third kappa shape index (κ3) is 41.4. The fourth-order valence-electron chi connectivity index (χ4n) is 10.5. The van der Waals surface area contributed by atoms with Gasteiger partial charge in [0.2, 0.25) is 54.1 Å². The van der Waals surface area contributed by atoms with E-state index in [1.807, 2.05) is 166 Å². The summed E-state index contributed by atoms with van der Waals surface area (Å²) in [4.78, 5) is 62.3. The zero-order chi connectivity index (χ0) is 77.6. The number of Topliss-reactive ketones (excluding diaryl/α,β-unsaturated/α-hetero) is 5. The van der Waals surface area contributed by atoms with E-state index >= 15 is 0 Å². The van der Waals surface area contributed by atoms with Crippen LogP contribution in [0.1, 0.15) is 249 Å². The van der Waals surface area contributed by atoms with Crippen LogP contribution >= 0.6 is 0 Å². The average molecular weight is 1470 g/mol. The first-order chi connectivity index (χ1) is 52.4. The Bertz CT molecular complexity index is 3180. The highest BCUT2D eigenvalue weighted by Gasteiger charge is 2.27. The highest BCUT2D eigenvalue weighted by atomic mass is 16.7. The Hall–Kier alpha value is -7.83. The molecule has 15 nitrogen and oxygen atoms in total. The van der Waals surface area contributed by atoms with E-state index in [4.69, 9.17) is 47.4 Å². The lowest BCUT2D eigenvalue weighted by atomic mass is 10.0. The SMILES string of the molecule is CCCCC(CC)COC(OCC(CC)CCCC)C(=O)c1ccccc1.CCCCCCOC(OCCCCCC)C(=O)c1ccccc1.CCCCOC(OCCCC)C(=O)c1ccccc1.CCOC(OCC)C(=O)c1ccccc1.O=C(c1ccccc1)C(Oc1ccccc1)Oc1ccccc1. The van der Waals surface area contributed by atoms with Gasteiger partial charge in [0, 0.05) is 41.0 Å². The third-order valence-corrected chi connectivity index (χ3v) is 17.1. The van der Waals surface area contributed by atoms with Crippen molar-refractivity contribution in [3.63, 3.8) is 0 Å². The zero-order valence-electron chi connectivity index (χ0n) is 66.2. The van der Waals surface area contributed by atoms with Crippen LogP contribution in [0.15, 0.2) is 212 Å². The fourth-order valence-corrected chi connectivity index (χ4v) is 10.5. The molecule has 0 amide bonds. The molecule has 2 atom stereocenters. The van der Waals surface area contributed by atoms with E-state index in [1.165, 1.54) is 51.4 Å². The van der Waals surface area contributed by atoms with E-state index in [1.54, 1.807) is 60.7 Å². The van der Waals surface area contributed by atoms with Gasteiger partial charge in [-0.05, 0) is 88.5 Å². The summed E-state index contributed by atoms with van der Waals surface area (Å²) in [5.41, 5.74) is 3.11. The first-order valence-corrected chi connectivity index (χ1v) is 39.7. The standard InChI is InChI=1S/C24H40O3.C20H16O3.C20H32O3.C16H24O3.C12H16O3/c1-5-9-14-20(7-3)18-26-24(23(25)22-16-12-11-13-17-22)27-19-21(8-4)15-10-6-2;21-19(16-10-4-1-5-11-16)20(22-17-12-6-2-7-13-17)23-18-14-8-3-9-15-18;1-3-5-7-12-16-22-20(23-17-13-8-6-4-2)19(21)18-14-10-9-11-15-18;1-3-5-12-18-16(19-13-6-4-2)15(17)14-10-8-7-9-11-14;1-3-14-12(15-4-2)11(13)10-8-6-5-7-9-10/h11-13,16-17,20-21,24H,5-10,14-15,18-19H2,1-4H3;1-15,20H;9-11,14-15,20H,3-8,12-13,16-17H2,1-2H3;7-11,16H,3-6,12-13H2,1-2H3;5-9,12H,3-4H2,1-2H3. The maximum atomic E-state index is 12.9. The molecule has 0 aliphatic heterocycles. The predicted octanol–water partition coefficient (Wildman–Crippen LogP) is 22.5. The molecule has 586 valence electrons. The van der Waals surface area contributed by atoms with Crippen molar-refractivity contribution in [3.05, 3.63) is 240 Å². The molecule has 0 aliphatic rings. The van der Waals surface area contributed by atoms with Crippen molar-refractivity contribution in [3.8, 4) is 11.5 Å². The van der Waals surface area contributed by atoms with Crippen LogP contribution in [0.2, 0.25) is 0 Å². The quantitative estimate of drug-likeness (QED) is 0.0200. The van der Waals surface area contributed by atoms with Crippen LogP contribution in [0.3, 0.4) is 0 Å². The number of rotatable bonds is 52. The molecule has 7 aromatic rings. The second-order valence-electron chi connectivity index (χ2n) is 25.9. The number of unbranched alkanes of at least 4 members (excludes halogenated alkanes) is 10.